The first-order chi connectivity index (χ1) is 13.9. The van der Waals surface area contributed by atoms with Crippen LogP contribution in [0.1, 0.15) is 30.1 Å². The molecule has 1 aromatic carbocycles. The summed E-state index contributed by atoms with van der Waals surface area (Å²) in [5, 5.41) is 4.94. The number of halogens is 1. The van der Waals surface area contributed by atoms with Crippen LogP contribution in [0.3, 0.4) is 0 Å². The lowest BCUT2D eigenvalue weighted by molar-refractivity contribution is -0.134. The van der Waals surface area contributed by atoms with E-state index < -0.39 is 0 Å². The molecule has 8 heteroatoms. The van der Waals surface area contributed by atoms with Crippen LogP contribution in [-0.2, 0) is 11.8 Å². The Morgan fingerprint density at radius 3 is 2.83 bits per heavy atom. The molecule has 29 heavy (non-hydrogen) atoms. The molecule has 0 spiro atoms. The summed E-state index contributed by atoms with van der Waals surface area (Å²) in [6.45, 7) is 2.78. The van der Waals surface area contributed by atoms with Crippen molar-refractivity contribution >= 4 is 16.9 Å². The molecule has 3 aromatic rings. The predicted octanol–water partition coefficient (Wildman–Crippen LogP) is 2.76. The third-order valence-electron chi connectivity index (χ3n) is 5.50. The van der Waals surface area contributed by atoms with Gasteiger partial charge >= 0.3 is 0 Å². The fraction of sp³-hybridized carbons (Fsp3) is 0.381. The topological polar surface area (TPSA) is 77.6 Å². The van der Waals surface area contributed by atoms with E-state index >= 15 is 0 Å². The van der Waals surface area contributed by atoms with E-state index in [1.54, 1.807) is 21.7 Å². The number of amides is 1. The molecule has 3 heterocycles. The van der Waals surface area contributed by atoms with Crippen LogP contribution in [0.4, 0.5) is 4.39 Å². The monoisotopic (exact) mass is 399 g/mol. The summed E-state index contributed by atoms with van der Waals surface area (Å²) < 4.78 is 25.8. The third kappa shape index (κ3) is 3.87. The maximum absolute atomic E-state index is 13.3. The Morgan fingerprint density at radius 1 is 1.31 bits per heavy atom. The Balaban J connectivity index is 1.36. The van der Waals surface area contributed by atoms with Crippen molar-refractivity contribution in [3.63, 3.8) is 0 Å². The van der Waals surface area contributed by atoms with Gasteiger partial charge in [0.2, 0.25) is 5.43 Å². The highest BCUT2D eigenvalue weighted by Gasteiger charge is 2.27. The molecule has 0 radical (unpaired) electrons. The zero-order valence-corrected chi connectivity index (χ0v) is 16.4. The molecule has 0 unspecified atom stereocenters. The molecule has 1 aliphatic heterocycles. The van der Waals surface area contributed by atoms with Crippen LogP contribution in [0.15, 0.2) is 39.8 Å². The number of nitrogens with zero attached hydrogens (tertiary/aromatic N) is 3. The van der Waals surface area contributed by atoms with Gasteiger partial charge in [-0.3, -0.25) is 9.59 Å². The van der Waals surface area contributed by atoms with Gasteiger partial charge in [-0.05, 0) is 31.9 Å². The van der Waals surface area contributed by atoms with Crippen molar-refractivity contribution in [2.24, 2.45) is 7.05 Å². The molecule has 0 saturated carbocycles. The SMILES string of the molecule is Cc1cc(=O)c(OCC(=O)N2CCC(c3noc4cc(F)ccc34)CC2)cn1C. The molecule has 0 aliphatic carbocycles. The minimum atomic E-state index is -0.357. The number of ether oxygens (including phenoxy) is 1. The Bertz CT molecular complexity index is 1110. The largest absolute Gasteiger partial charge is 0.478 e. The number of carbonyl (C=O) groups excluding carboxylic acids is 1. The van der Waals surface area contributed by atoms with Crippen molar-refractivity contribution < 1.29 is 18.4 Å². The zero-order valence-electron chi connectivity index (χ0n) is 16.4. The van der Waals surface area contributed by atoms with Gasteiger partial charge in [-0.15, -0.1) is 0 Å². The first-order valence-corrected chi connectivity index (χ1v) is 9.55. The van der Waals surface area contributed by atoms with Crippen molar-refractivity contribution in [2.45, 2.75) is 25.7 Å². The first kappa shape index (κ1) is 19.2. The minimum Gasteiger partial charge on any atom is -0.478 e. The van der Waals surface area contributed by atoms with Crippen LogP contribution < -0.4 is 10.2 Å². The molecule has 0 N–H and O–H groups in total. The van der Waals surface area contributed by atoms with Gasteiger partial charge in [0.05, 0.1) is 5.69 Å². The molecule has 152 valence electrons. The van der Waals surface area contributed by atoms with Crippen molar-refractivity contribution in [3.05, 3.63) is 57.9 Å². The zero-order chi connectivity index (χ0) is 20.5. The number of rotatable bonds is 4. The van der Waals surface area contributed by atoms with E-state index in [1.165, 1.54) is 18.2 Å². The molecule has 0 bridgehead atoms. The normalized spacial score (nSPS) is 15.1. The molecule has 2 aromatic heterocycles. The van der Waals surface area contributed by atoms with Gasteiger partial charge in [-0.25, -0.2) is 4.39 Å². The summed E-state index contributed by atoms with van der Waals surface area (Å²) >= 11 is 0. The number of piperidine rings is 1. The summed E-state index contributed by atoms with van der Waals surface area (Å²) in [7, 11) is 1.82. The van der Waals surface area contributed by atoms with E-state index in [4.69, 9.17) is 9.26 Å². The fourth-order valence-corrected chi connectivity index (χ4v) is 3.67. The average Bonchev–Trinajstić information content (AvgIpc) is 3.12. The molecular weight excluding hydrogens is 377 g/mol. The molecule has 1 amide bonds. The van der Waals surface area contributed by atoms with Crippen LogP contribution in [-0.4, -0.2) is 40.2 Å². The van der Waals surface area contributed by atoms with Crippen molar-refractivity contribution in [2.75, 3.05) is 19.7 Å². The number of pyridine rings is 1. The number of hydrogen-bond acceptors (Lipinski definition) is 5. The summed E-state index contributed by atoms with van der Waals surface area (Å²) in [5.74, 6) is -0.194. The van der Waals surface area contributed by atoms with Gasteiger partial charge in [0.25, 0.3) is 5.91 Å². The number of hydrogen-bond donors (Lipinski definition) is 0. The van der Waals surface area contributed by atoms with E-state index in [0.29, 0.717) is 18.7 Å². The second-order valence-corrected chi connectivity index (χ2v) is 7.41. The maximum atomic E-state index is 13.3. The highest BCUT2D eigenvalue weighted by atomic mass is 19.1. The van der Waals surface area contributed by atoms with E-state index in [9.17, 15) is 14.0 Å². The van der Waals surface area contributed by atoms with Crippen molar-refractivity contribution in [1.29, 1.82) is 0 Å². The lowest BCUT2D eigenvalue weighted by Gasteiger charge is -2.31. The number of carbonyl (C=O) groups is 1. The molecule has 1 aliphatic rings. The van der Waals surface area contributed by atoms with E-state index in [1.807, 2.05) is 14.0 Å². The van der Waals surface area contributed by atoms with E-state index in [-0.39, 0.29) is 35.4 Å². The second kappa shape index (κ2) is 7.69. The standard InChI is InChI=1S/C21H22FN3O4/c1-13-9-17(26)19(11-24(13)2)28-12-20(27)25-7-5-14(6-8-25)21-16-4-3-15(22)10-18(16)29-23-21/h3-4,9-11,14H,5-8,12H2,1-2H3. The molecule has 4 rings (SSSR count). The van der Waals surface area contributed by atoms with Crippen LogP contribution in [0.25, 0.3) is 11.0 Å². The van der Waals surface area contributed by atoms with Gasteiger partial charge < -0.3 is 18.7 Å². The Morgan fingerprint density at radius 2 is 2.07 bits per heavy atom. The highest BCUT2D eigenvalue weighted by Crippen LogP contribution is 2.32. The summed E-state index contributed by atoms with van der Waals surface area (Å²) in [6, 6.07) is 5.90. The summed E-state index contributed by atoms with van der Waals surface area (Å²) in [5.41, 5.74) is 1.83. The number of aryl methyl sites for hydroxylation is 2. The van der Waals surface area contributed by atoms with Crippen molar-refractivity contribution in [1.82, 2.24) is 14.6 Å². The van der Waals surface area contributed by atoms with Crippen LogP contribution in [0, 0.1) is 12.7 Å². The van der Waals surface area contributed by atoms with Gasteiger partial charge in [0.15, 0.2) is 17.9 Å². The first-order valence-electron chi connectivity index (χ1n) is 9.55. The molecule has 0 atom stereocenters. The van der Waals surface area contributed by atoms with Crippen LogP contribution in [0.2, 0.25) is 0 Å². The van der Waals surface area contributed by atoms with Gasteiger partial charge in [-0.1, -0.05) is 5.16 Å². The van der Waals surface area contributed by atoms with E-state index in [0.717, 1.165) is 29.6 Å². The van der Waals surface area contributed by atoms with Crippen LogP contribution in [0.5, 0.6) is 5.75 Å². The van der Waals surface area contributed by atoms with Gasteiger partial charge in [-0.2, -0.15) is 0 Å². The quantitative estimate of drug-likeness (QED) is 0.674. The smallest absolute Gasteiger partial charge is 0.260 e. The molecule has 7 nitrogen and oxygen atoms in total. The van der Waals surface area contributed by atoms with Crippen LogP contribution >= 0.6 is 0 Å². The maximum Gasteiger partial charge on any atom is 0.260 e. The number of likely N-dealkylation sites (tertiary alicyclic amines) is 1. The fourth-order valence-electron chi connectivity index (χ4n) is 3.67. The number of aromatic nitrogens is 2. The summed E-state index contributed by atoms with van der Waals surface area (Å²) in [6.07, 6.45) is 3.06. The lowest BCUT2D eigenvalue weighted by Crippen LogP contribution is -2.40. The van der Waals surface area contributed by atoms with Crippen molar-refractivity contribution in [3.8, 4) is 5.75 Å². The minimum absolute atomic E-state index is 0.149. The number of benzene rings is 1. The molecule has 1 fully saturated rings. The van der Waals surface area contributed by atoms with Gasteiger partial charge in [0.1, 0.15) is 5.82 Å². The molecular formula is C21H22FN3O4. The Labute approximate surface area is 166 Å². The Hall–Kier alpha value is -3.16. The highest BCUT2D eigenvalue weighted by molar-refractivity contribution is 5.80. The Kier molecular flexibility index (Phi) is 5.08. The van der Waals surface area contributed by atoms with E-state index in [2.05, 4.69) is 5.16 Å². The second-order valence-electron chi connectivity index (χ2n) is 7.41. The third-order valence-corrected chi connectivity index (χ3v) is 5.50. The predicted molar refractivity (Wildman–Crippen MR) is 104 cm³/mol. The lowest BCUT2D eigenvalue weighted by atomic mass is 9.91. The van der Waals surface area contributed by atoms with Gasteiger partial charge in [0, 0.05) is 55.5 Å². The average molecular weight is 399 g/mol. The summed E-state index contributed by atoms with van der Waals surface area (Å²) in [4.78, 5) is 26.2. The molecule has 1 saturated heterocycles. The number of fused-ring (bicyclic) bond motifs is 1.